The van der Waals surface area contributed by atoms with E-state index in [4.69, 9.17) is 10.7 Å². The maximum atomic E-state index is 5.92. The van der Waals surface area contributed by atoms with E-state index in [2.05, 4.69) is 90.7 Å². The molecule has 0 radical (unpaired) electrons. The van der Waals surface area contributed by atoms with E-state index in [1.54, 1.807) is 0 Å². The van der Waals surface area contributed by atoms with Gasteiger partial charge in [0.25, 0.3) is 0 Å². The summed E-state index contributed by atoms with van der Waals surface area (Å²) in [4.78, 5) is 16.2. The van der Waals surface area contributed by atoms with Crippen molar-refractivity contribution in [3.8, 4) is 33.6 Å². The van der Waals surface area contributed by atoms with Crippen LogP contribution in [0.3, 0.4) is 0 Å². The molecule has 2 aromatic carbocycles. The van der Waals surface area contributed by atoms with Crippen LogP contribution in [-0.2, 0) is 12.8 Å². The summed E-state index contributed by atoms with van der Waals surface area (Å²) in [6.07, 6.45) is 5.07. The van der Waals surface area contributed by atoms with E-state index >= 15 is 0 Å². The number of nitrogens with zero attached hydrogens (tertiary/aromatic N) is 2. The van der Waals surface area contributed by atoms with Gasteiger partial charge in [0.2, 0.25) is 0 Å². The Morgan fingerprint density at radius 1 is 0.969 bits per heavy atom. The summed E-state index contributed by atoms with van der Waals surface area (Å²) < 4.78 is 3.25. The number of rotatable bonds is 5. The second-order valence-corrected chi connectivity index (χ2v) is 9.18. The smallest absolute Gasteiger partial charge is 0.124 e. The topological polar surface area (TPSA) is 95.4 Å². The molecule has 2 atom stereocenters. The predicted octanol–water partition coefficient (Wildman–Crippen LogP) is 5.64. The molecule has 0 fully saturated rings. The fourth-order valence-corrected chi connectivity index (χ4v) is 4.61. The van der Waals surface area contributed by atoms with Crippen LogP contribution in [0.15, 0.2) is 48.7 Å². The quantitative estimate of drug-likeness (QED) is 0.195. The standard InChI is InChI=1S/C25H27IN6/c1-14(27)24-28-13-22(30-24)17-8-6-16(7-9-17)18-10-11-20-19(12-18)4-3-5-21-23(20)31-25(29-21)15(2)32-26/h6-15,32H,3-5,27H2,1-2H3,(H,28,30)(H,29,31)/t14-,15?/m0/s1. The highest BCUT2D eigenvalue weighted by atomic mass is 127. The zero-order valence-electron chi connectivity index (χ0n) is 18.2. The first-order valence-corrected chi connectivity index (χ1v) is 12.1. The summed E-state index contributed by atoms with van der Waals surface area (Å²) >= 11 is 2.18. The SMILES string of the molecule is CC(NI)c1nc2c([nH]1)CCCc1cc(-c3ccc(-c4cnc([C@H](C)N)[nH]4)cc3)ccc1-2. The van der Waals surface area contributed by atoms with E-state index in [1.165, 1.54) is 27.9 Å². The first kappa shape index (κ1) is 21.4. The maximum Gasteiger partial charge on any atom is 0.124 e. The van der Waals surface area contributed by atoms with Crippen LogP contribution in [0.5, 0.6) is 0 Å². The van der Waals surface area contributed by atoms with Crippen LogP contribution in [0.2, 0.25) is 0 Å². The van der Waals surface area contributed by atoms with Crippen LogP contribution in [0, 0.1) is 0 Å². The highest BCUT2D eigenvalue weighted by molar-refractivity contribution is 14.1. The summed E-state index contributed by atoms with van der Waals surface area (Å²) in [5.41, 5.74) is 15.4. The van der Waals surface area contributed by atoms with Crippen molar-refractivity contribution < 1.29 is 0 Å². The Bertz CT molecular complexity index is 1240. The Kier molecular flexibility index (Phi) is 5.88. The minimum atomic E-state index is -0.102. The molecular formula is C25H27IN6. The molecule has 7 heteroatoms. The number of imidazole rings is 2. The molecule has 5 rings (SSSR count). The molecule has 0 saturated carbocycles. The van der Waals surface area contributed by atoms with Gasteiger partial charge in [-0.1, -0.05) is 42.5 Å². The lowest BCUT2D eigenvalue weighted by Gasteiger charge is -2.10. The predicted molar refractivity (Wildman–Crippen MR) is 137 cm³/mol. The average molecular weight is 538 g/mol. The van der Waals surface area contributed by atoms with Gasteiger partial charge in [-0.15, -0.1) is 0 Å². The zero-order valence-corrected chi connectivity index (χ0v) is 20.4. The van der Waals surface area contributed by atoms with Crippen molar-refractivity contribution in [3.05, 3.63) is 71.6 Å². The molecule has 2 heterocycles. The summed E-state index contributed by atoms with van der Waals surface area (Å²) in [6, 6.07) is 15.5. The zero-order chi connectivity index (χ0) is 22.2. The maximum absolute atomic E-state index is 5.92. The first-order chi connectivity index (χ1) is 15.5. The highest BCUT2D eigenvalue weighted by Crippen LogP contribution is 2.35. The van der Waals surface area contributed by atoms with Crippen molar-refractivity contribution >= 4 is 22.9 Å². The number of H-pyrrole nitrogens is 2. The van der Waals surface area contributed by atoms with Gasteiger partial charge >= 0.3 is 0 Å². The Balaban J connectivity index is 1.45. The Morgan fingerprint density at radius 3 is 2.44 bits per heavy atom. The van der Waals surface area contributed by atoms with Crippen LogP contribution in [0.1, 0.15) is 55.3 Å². The number of nitrogens with one attached hydrogen (secondary N) is 3. The second-order valence-electron chi connectivity index (χ2n) is 8.55. The van der Waals surface area contributed by atoms with Crippen LogP contribution in [-0.4, -0.2) is 19.9 Å². The van der Waals surface area contributed by atoms with Gasteiger partial charge in [-0.2, -0.15) is 0 Å². The first-order valence-electron chi connectivity index (χ1n) is 11.0. The van der Waals surface area contributed by atoms with Gasteiger partial charge in [0.15, 0.2) is 0 Å². The fourth-order valence-electron chi connectivity index (χ4n) is 4.31. The molecular weight excluding hydrogens is 511 g/mol. The summed E-state index contributed by atoms with van der Waals surface area (Å²) in [7, 11) is 0. The van der Waals surface area contributed by atoms with Crippen molar-refractivity contribution in [1.82, 2.24) is 23.5 Å². The molecule has 4 aromatic rings. The molecule has 1 aliphatic rings. The van der Waals surface area contributed by atoms with Gasteiger partial charge < -0.3 is 15.7 Å². The van der Waals surface area contributed by atoms with E-state index in [0.29, 0.717) is 0 Å². The molecule has 5 N–H and O–H groups in total. The lowest BCUT2D eigenvalue weighted by Crippen LogP contribution is -2.07. The lowest BCUT2D eigenvalue weighted by atomic mass is 9.95. The molecule has 1 aliphatic carbocycles. The molecule has 6 nitrogen and oxygen atoms in total. The number of halogens is 1. The molecule has 32 heavy (non-hydrogen) atoms. The van der Waals surface area contributed by atoms with Crippen molar-refractivity contribution in [1.29, 1.82) is 0 Å². The Hall–Kier alpha value is -2.49. The molecule has 1 unspecified atom stereocenters. The molecule has 164 valence electrons. The summed E-state index contributed by atoms with van der Waals surface area (Å²) in [5.74, 6) is 1.81. The fraction of sp³-hybridized carbons (Fsp3) is 0.280. The number of hydrogen-bond acceptors (Lipinski definition) is 4. The Labute approximate surface area is 202 Å². The van der Waals surface area contributed by atoms with Gasteiger partial charge in [-0.25, -0.2) is 9.97 Å². The largest absolute Gasteiger partial charge is 0.344 e. The van der Waals surface area contributed by atoms with E-state index in [-0.39, 0.29) is 12.1 Å². The van der Waals surface area contributed by atoms with Gasteiger partial charge in [0, 0.05) is 34.1 Å². The normalized spacial score (nSPS) is 15.0. The van der Waals surface area contributed by atoms with E-state index in [9.17, 15) is 0 Å². The van der Waals surface area contributed by atoms with Crippen LogP contribution in [0.4, 0.5) is 0 Å². The number of aromatic nitrogens is 4. The number of aryl methyl sites for hydroxylation is 2. The van der Waals surface area contributed by atoms with Crippen molar-refractivity contribution in [2.75, 3.05) is 0 Å². The van der Waals surface area contributed by atoms with Crippen LogP contribution in [0.25, 0.3) is 33.6 Å². The van der Waals surface area contributed by atoms with Crippen molar-refractivity contribution in [3.63, 3.8) is 0 Å². The third-order valence-corrected chi connectivity index (χ3v) is 7.09. The number of hydrogen-bond donors (Lipinski definition) is 4. The van der Waals surface area contributed by atoms with Gasteiger partial charge in [-0.3, -0.25) is 3.53 Å². The number of aromatic amines is 2. The van der Waals surface area contributed by atoms with Gasteiger partial charge in [-0.05, 0) is 55.4 Å². The molecule has 0 amide bonds. The molecule has 2 aromatic heterocycles. The lowest BCUT2D eigenvalue weighted by molar-refractivity contribution is 0.715. The number of nitrogens with two attached hydrogens (primary N) is 1. The highest BCUT2D eigenvalue weighted by Gasteiger charge is 2.21. The van der Waals surface area contributed by atoms with Crippen molar-refractivity contribution in [2.24, 2.45) is 5.73 Å². The van der Waals surface area contributed by atoms with E-state index in [0.717, 1.165) is 47.9 Å². The number of benzene rings is 2. The monoisotopic (exact) mass is 538 g/mol. The molecule has 0 spiro atoms. The summed E-state index contributed by atoms with van der Waals surface area (Å²) in [6.45, 7) is 4.05. The third-order valence-electron chi connectivity index (χ3n) is 6.16. The minimum absolute atomic E-state index is 0.102. The molecule has 0 saturated heterocycles. The second kappa shape index (κ2) is 8.80. The third kappa shape index (κ3) is 4.00. The molecule has 0 bridgehead atoms. The van der Waals surface area contributed by atoms with Crippen LogP contribution >= 0.6 is 22.9 Å². The number of fused-ring (bicyclic) bond motifs is 3. The average Bonchev–Trinajstić information content (AvgIpc) is 3.44. The van der Waals surface area contributed by atoms with Gasteiger partial charge in [0.05, 0.1) is 29.7 Å². The van der Waals surface area contributed by atoms with E-state index < -0.39 is 0 Å². The molecule has 0 aliphatic heterocycles. The summed E-state index contributed by atoms with van der Waals surface area (Å²) in [5, 5.41) is 0. The van der Waals surface area contributed by atoms with Crippen molar-refractivity contribution in [2.45, 2.75) is 45.2 Å². The van der Waals surface area contributed by atoms with Crippen LogP contribution < -0.4 is 9.26 Å². The van der Waals surface area contributed by atoms with E-state index in [1.807, 2.05) is 13.1 Å². The minimum Gasteiger partial charge on any atom is -0.344 e. The van der Waals surface area contributed by atoms with Gasteiger partial charge in [0.1, 0.15) is 11.6 Å². The Morgan fingerprint density at radius 2 is 1.72 bits per heavy atom.